The van der Waals surface area contributed by atoms with Crippen molar-refractivity contribution in [3.8, 4) is 0 Å². The number of nitrogens with zero attached hydrogens (tertiary/aromatic N) is 1. The van der Waals surface area contributed by atoms with Crippen molar-refractivity contribution in [2.45, 2.75) is 24.8 Å². The maximum Gasteiger partial charge on any atom is 0.296 e. The number of benzene rings is 1. The minimum atomic E-state index is -3.40. The molecule has 1 aromatic rings. The van der Waals surface area contributed by atoms with Gasteiger partial charge in [0.1, 0.15) is 0 Å². The van der Waals surface area contributed by atoms with Gasteiger partial charge in [0.25, 0.3) is 5.92 Å². The van der Waals surface area contributed by atoms with Crippen molar-refractivity contribution in [1.82, 2.24) is 4.90 Å². The van der Waals surface area contributed by atoms with Gasteiger partial charge in [-0.1, -0.05) is 23.7 Å². The fourth-order valence-corrected chi connectivity index (χ4v) is 2.27. The van der Waals surface area contributed by atoms with E-state index in [9.17, 15) is 13.6 Å². The van der Waals surface area contributed by atoms with Gasteiger partial charge in [0, 0.05) is 23.7 Å². The molecule has 0 aliphatic carbocycles. The molecule has 1 aromatic carbocycles. The predicted octanol–water partition coefficient (Wildman–Crippen LogP) is 2.38. The smallest absolute Gasteiger partial charge is 0.296 e. The first-order valence-corrected chi connectivity index (χ1v) is 6.49. The minimum absolute atomic E-state index is 0.294. The van der Waals surface area contributed by atoms with Crippen LogP contribution in [0, 0.1) is 0 Å². The number of carbonyl (C=O) groups is 1. The average Bonchev–Trinajstić information content (AvgIpc) is 2.91. The Morgan fingerprint density at radius 3 is 2.32 bits per heavy atom. The highest BCUT2D eigenvalue weighted by Gasteiger charge is 2.45. The van der Waals surface area contributed by atoms with Crippen LogP contribution >= 0.6 is 11.6 Å². The quantitative estimate of drug-likeness (QED) is 0.928. The van der Waals surface area contributed by atoms with Crippen LogP contribution in [0.3, 0.4) is 0 Å². The van der Waals surface area contributed by atoms with E-state index in [0.717, 1.165) is 12.8 Å². The van der Waals surface area contributed by atoms with Gasteiger partial charge >= 0.3 is 0 Å². The lowest BCUT2D eigenvalue weighted by Crippen LogP contribution is -2.51. The molecule has 1 saturated heterocycles. The van der Waals surface area contributed by atoms with Crippen LogP contribution in [0.15, 0.2) is 24.3 Å². The Morgan fingerprint density at radius 2 is 1.79 bits per heavy atom. The number of carbonyl (C=O) groups excluding carboxylic acids is 1. The molecule has 1 atom stereocenters. The van der Waals surface area contributed by atoms with Crippen LogP contribution in [0.5, 0.6) is 0 Å². The molecule has 0 saturated carbocycles. The molecular weight excluding hydrogens is 274 g/mol. The highest BCUT2D eigenvalue weighted by molar-refractivity contribution is 6.30. The highest BCUT2D eigenvalue weighted by Crippen LogP contribution is 2.32. The third-order valence-electron chi connectivity index (χ3n) is 3.30. The van der Waals surface area contributed by atoms with E-state index >= 15 is 0 Å². The van der Waals surface area contributed by atoms with Crippen molar-refractivity contribution < 1.29 is 13.6 Å². The number of alkyl halides is 2. The lowest BCUT2D eigenvalue weighted by atomic mass is 10.0. The van der Waals surface area contributed by atoms with E-state index in [1.165, 1.54) is 29.2 Å². The number of rotatable bonds is 3. The van der Waals surface area contributed by atoms with Gasteiger partial charge in [0.2, 0.25) is 5.91 Å². The molecule has 1 fully saturated rings. The molecule has 0 aromatic heterocycles. The maximum absolute atomic E-state index is 14.2. The normalized spacial score (nSPS) is 17.6. The largest absolute Gasteiger partial charge is 0.341 e. The highest BCUT2D eigenvalue weighted by atomic mass is 35.5. The fourth-order valence-electron chi connectivity index (χ4n) is 2.14. The van der Waals surface area contributed by atoms with E-state index in [1.807, 2.05) is 0 Å². The molecule has 1 aliphatic rings. The number of likely N-dealkylation sites (tertiary alicyclic amines) is 1. The van der Waals surface area contributed by atoms with Gasteiger partial charge < -0.3 is 10.6 Å². The zero-order valence-corrected chi connectivity index (χ0v) is 11.0. The van der Waals surface area contributed by atoms with Crippen LogP contribution in [0.25, 0.3) is 0 Å². The summed E-state index contributed by atoms with van der Waals surface area (Å²) in [7, 11) is 0. The molecule has 1 heterocycles. The van der Waals surface area contributed by atoms with Crippen molar-refractivity contribution >= 4 is 17.5 Å². The molecule has 6 heteroatoms. The van der Waals surface area contributed by atoms with E-state index in [2.05, 4.69) is 0 Å². The molecule has 2 N–H and O–H groups in total. The Hall–Kier alpha value is -1.20. The number of amides is 1. The Bertz CT molecular complexity index is 458. The molecule has 0 bridgehead atoms. The third-order valence-corrected chi connectivity index (χ3v) is 3.56. The van der Waals surface area contributed by atoms with E-state index < -0.39 is 17.9 Å². The van der Waals surface area contributed by atoms with Crippen LogP contribution in [0.1, 0.15) is 18.4 Å². The second-order valence-electron chi connectivity index (χ2n) is 4.64. The number of hydrogen-bond donors (Lipinski definition) is 1. The molecule has 0 radical (unpaired) electrons. The Kier molecular flexibility index (Phi) is 4.06. The first-order valence-electron chi connectivity index (χ1n) is 6.11. The summed E-state index contributed by atoms with van der Waals surface area (Å²) in [5.41, 5.74) is 5.18. The Labute approximate surface area is 115 Å². The third kappa shape index (κ3) is 2.87. The molecule has 1 unspecified atom stereocenters. The lowest BCUT2D eigenvalue weighted by molar-refractivity contribution is -0.142. The molecule has 19 heavy (non-hydrogen) atoms. The van der Waals surface area contributed by atoms with Crippen molar-refractivity contribution in [3.63, 3.8) is 0 Å². The molecule has 1 aliphatic heterocycles. The van der Waals surface area contributed by atoms with Crippen molar-refractivity contribution in [1.29, 1.82) is 0 Å². The van der Waals surface area contributed by atoms with Gasteiger partial charge in [0.15, 0.2) is 6.04 Å². The van der Waals surface area contributed by atoms with Crippen LogP contribution in [0.2, 0.25) is 5.02 Å². The SMILES string of the molecule is NC(C(=O)N1CCCC1)C(F)(F)c1ccc(Cl)cc1. The summed E-state index contributed by atoms with van der Waals surface area (Å²) in [6, 6.07) is 3.25. The standard InChI is InChI=1S/C13H15ClF2N2O/c14-10-5-3-9(4-6-10)13(15,16)11(17)12(19)18-7-1-2-8-18/h3-6,11H,1-2,7-8,17H2. The summed E-state index contributed by atoms with van der Waals surface area (Å²) in [5.74, 6) is -4.10. The van der Waals surface area contributed by atoms with Crippen LogP contribution < -0.4 is 5.73 Å². The topological polar surface area (TPSA) is 46.3 Å². The van der Waals surface area contributed by atoms with Gasteiger partial charge in [-0.25, -0.2) is 0 Å². The van der Waals surface area contributed by atoms with Crippen LogP contribution in [-0.4, -0.2) is 29.9 Å². The molecule has 2 rings (SSSR count). The maximum atomic E-state index is 14.2. The minimum Gasteiger partial charge on any atom is -0.341 e. The van der Waals surface area contributed by atoms with Gasteiger partial charge in [-0.3, -0.25) is 4.79 Å². The van der Waals surface area contributed by atoms with E-state index in [0.29, 0.717) is 18.1 Å². The first kappa shape index (κ1) is 14.2. The summed E-state index contributed by atoms with van der Waals surface area (Å²) < 4.78 is 28.3. The van der Waals surface area contributed by atoms with Crippen molar-refractivity contribution in [3.05, 3.63) is 34.9 Å². The summed E-state index contributed by atoms with van der Waals surface area (Å²) in [4.78, 5) is 13.3. The van der Waals surface area contributed by atoms with E-state index in [4.69, 9.17) is 17.3 Å². The summed E-state index contributed by atoms with van der Waals surface area (Å²) in [6.45, 7) is 1.01. The lowest BCUT2D eigenvalue weighted by Gasteiger charge is -2.27. The Balaban J connectivity index is 2.17. The monoisotopic (exact) mass is 288 g/mol. The Morgan fingerprint density at radius 1 is 1.26 bits per heavy atom. The fraction of sp³-hybridized carbons (Fsp3) is 0.462. The van der Waals surface area contributed by atoms with Crippen molar-refractivity contribution in [2.75, 3.05) is 13.1 Å². The molecular formula is C13H15ClF2N2O. The van der Waals surface area contributed by atoms with Crippen LogP contribution in [0.4, 0.5) is 8.78 Å². The summed E-state index contributed by atoms with van der Waals surface area (Å²) in [6.07, 6.45) is 1.68. The number of hydrogen-bond acceptors (Lipinski definition) is 2. The molecule has 0 spiro atoms. The summed E-state index contributed by atoms with van der Waals surface area (Å²) >= 11 is 5.66. The first-order chi connectivity index (χ1) is 8.93. The second kappa shape index (κ2) is 5.43. The van der Waals surface area contributed by atoms with Gasteiger partial charge in [-0.15, -0.1) is 0 Å². The van der Waals surface area contributed by atoms with Crippen LogP contribution in [-0.2, 0) is 10.7 Å². The van der Waals surface area contributed by atoms with E-state index in [-0.39, 0.29) is 5.56 Å². The summed E-state index contributed by atoms with van der Waals surface area (Å²) in [5, 5.41) is 0.360. The van der Waals surface area contributed by atoms with Crippen molar-refractivity contribution in [2.24, 2.45) is 5.73 Å². The van der Waals surface area contributed by atoms with Gasteiger partial charge in [-0.2, -0.15) is 8.78 Å². The van der Waals surface area contributed by atoms with E-state index in [1.54, 1.807) is 0 Å². The average molecular weight is 289 g/mol. The van der Waals surface area contributed by atoms with Gasteiger partial charge in [-0.05, 0) is 25.0 Å². The predicted molar refractivity (Wildman–Crippen MR) is 69.1 cm³/mol. The zero-order chi connectivity index (χ0) is 14.0. The molecule has 1 amide bonds. The second-order valence-corrected chi connectivity index (χ2v) is 5.08. The molecule has 3 nitrogen and oxygen atoms in total. The van der Waals surface area contributed by atoms with Gasteiger partial charge in [0.05, 0.1) is 0 Å². The number of halogens is 3. The zero-order valence-electron chi connectivity index (χ0n) is 10.3. The number of nitrogens with two attached hydrogens (primary N) is 1. The molecule has 104 valence electrons.